The van der Waals surface area contributed by atoms with Crippen LogP contribution in [0.2, 0.25) is 0 Å². The summed E-state index contributed by atoms with van der Waals surface area (Å²) in [7, 11) is 5.25. The fourth-order valence-corrected chi connectivity index (χ4v) is 0. The molecule has 10 heavy (non-hydrogen) atoms. The molecule has 0 spiro atoms. The molecular formula is C5H16N2O2V. The average Bonchev–Trinajstić information content (AvgIpc) is 1.71. The molecule has 0 rings (SSSR count). The number of hydrogen-bond acceptors (Lipinski definition) is 3. The standard InChI is InChI=1S/C2H7N.C2H4O2.CH5N.V/c1-3-2;1-2(3)4;1-2;/h3H,1-2H3;1H3,(H,3,4);2H2,1H3;. The van der Waals surface area contributed by atoms with Gasteiger partial charge in [-0.15, -0.1) is 0 Å². The number of carboxylic acids is 1. The minimum absolute atomic E-state index is 0. The second kappa shape index (κ2) is 36.1. The molecule has 4 nitrogen and oxygen atoms in total. The Morgan fingerprint density at radius 2 is 1.40 bits per heavy atom. The largest absolute Gasteiger partial charge is 0.481 e. The molecule has 5 heteroatoms. The maximum absolute atomic E-state index is 9.00. The van der Waals surface area contributed by atoms with E-state index in [-0.39, 0.29) is 18.6 Å². The number of rotatable bonds is 0. The summed E-state index contributed by atoms with van der Waals surface area (Å²) in [4.78, 5) is 9.00. The number of carboxylic acid groups (broad SMARTS) is 1. The molecular weight excluding hydrogens is 171 g/mol. The van der Waals surface area contributed by atoms with Crippen LogP contribution in [-0.4, -0.2) is 32.2 Å². The van der Waals surface area contributed by atoms with Gasteiger partial charge in [0.1, 0.15) is 0 Å². The first-order valence-corrected chi connectivity index (χ1v) is 2.51. The Morgan fingerprint density at radius 3 is 1.40 bits per heavy atom. The second-order valence-corrected chi connectivity index (χ2v) is 1.02. The zero-order valence-electron chi connectivity index (χ0n) is 6.88. The monoisotopic (exact) mass is 187 g/mol. The van der Waals surface area contributed by atoms with E-state index in [1.807, 2.05) is 14.1 Å². The summed E-state index contributed by atoms with van der Waals surface area (Å²) in [6.45, 7) is 1.08. The van der Waals surface area contributed by atoms with Crippen LogP contribution in [0, 0.1) is 0 Å². The van der Waals surface area contributed by atoms with Crippen LogP contribution in [0.3, 0.4) is 0 Å². The Labute approximate surface area is 74.1 Å². The van der Waals surface area contributed by atoms with Crippen LogP contribution in [-0.2, 0) is 23.4 Å². The van der Waals surface area contributed by atoms with Gasteiger partial charge in [-0.05, 0) is 21.1 Å². The van der Waals surface area contributed by atoms with E-state index in [1.165, 1.54) is 7.05 Å². The molecule has 0 heterocycles. The molecule has 0 bridgehead atoms. The van der Waals surface area contributed by atoms with E-state index in [4.69, 9.17) is 9.90 Å². The molecule has 0 saturated heterocycles. The molecule has 0 aliphatic heterocycles. The minimum Gasteiger partial charge on any atom is -0.481 e. The van der Waals surface area contributed by atoms with Gasteiger partial charge in [-0.2, -0.15) is 0 Å². The zero-order chi connectivity index (χ0) is 8.28. The van der Waals surface area contributed by atoms with Crippen LogP contribution in [0.5, 0.6) is 0 Å². The summed E-state index contributed by atoms with van der Waals surface area (Å²) in [6.07, 6.45) is 0. The van der Waals surface area contributed by atoms with Gasteiger partial charge in [-0.3, -0.25) is 4.79 Å². The number of aliphatic carboxylic acids is 1. The molecule has 0 aliphatic carbocycles. The second-order valence-electron chi connectivity index (χ2n) is 1.02. The van der Waals surface area contributed by atoms with E-state index in [1.54, 1.807) is 0 Å². The summed E-state index contributed by atoms with van der Waals surface area (Å²) < 4.78 is 0. The number of nitrogens with one attached hydrogen (secondary N) is 1. The quantitative estimate of drug-likeness (QED) is 0.478. The van der Waals surface area contributed by atoms with Crippen LogP contribution < -0.4 is 11.1 Å². The van der Waals surface area contributed by atoms with Crippen molar-refractivity contribution in [3.8, 4) is 0 Å². The average molecular weight is 187 g/mol. The van der Waals surface area contributed by atoms with Gasteiger partial charge in [0.25, 0.3) is 5.97 Å². The first-order valence-electron chi connectivity index (χ1n) is 2.51. The van der Waals surface area contributed by atoms with Crippen LogP contribution in [0.25, 0.3) is 0 Å². The molecule has 0 saturated carbocycles. The number of nitrogens with two attached hydrogens (primary N) is 1. The van der Waals surface area contributed by atoms with E-state index in [0.717, 1.165) is 6.92 Å². The minimum atomic E-state index is -0.833. The van der Waals surface area contributed by atoms with Gasteiger partial charge in [-0.25, -0.2) is 0 Å². The SMILES string of the molecule is CC(=O)O.CN.CNC.[V]. The van der Waals surface area contributed by atoms with Crippen LogP contribution >= 0.6 is 0 Å². The van der Waals surface area contributed by atoms with Crippen molar-refractivity contribution < 1.29 is 28.5 Å². The van der Waals surface area contributed by atoms with Crippen LogP contribution in [0.15, 0.2) is 0 Å². The number of carbonyl (C=O) groups is 1. The first kappa shape index (κ1) is 22.5. The Hall–Kier alpha value is -0.0256. The van der Waals surface area contributed by atoms with E-state index in [9.17, 15) is 0 Å². The topological polar surface area (TPSA) is 75.3 Å². The van der Waals surface area contributed by atoms with Crippen molar-refractivity contribution in [2.24, 2.45) is 5.73 Å². The van der Waals surface area contributed by atoms with Gasteiger partial charge < -0.3 is 16.2 Å². The maximum atomic E-state index is 9.00. The first-order chi connectivity index (χ1) is 4.15. The van der Waals surface area contributed by atoms with Crippen molar-refractivity contribution in [3.63, 3.8) is 0 Å². The molecule has 0 amide bonds. The molecule has 0 aromatic carbocycles. The molecule has 1 radical (unpaired) electrons. The third-order valence-electron chi connectivity index (χ3n) is 0. The van der Waals surface area contributed by atoms with Gasteiger partial charge in [0, 0.05) is 25.5 Å². The molecule has 0 unspecified atom stereocenters. The van der Waals surface area contributed by atoms with Crippen molar-refractivity contribution in [2.45, 2.75) is 6.92 Å². The van der Waals surface area contributed by atoms with Crippen LogP contribution in [0.4, 0.5) is 0 Å². The molecule has 0 aliphatic rings. The van der Waals surface area contributed by atoms with E-state index < -0.39 is 5.97 Å². The number of hydrogen-bond donors (Lipinski definition) is 3. The fraction of sp³-hybridized carbons (Fsp3) is 0.800. The van der Waals surface area contributed by atoms with E-state index >= 15 is 0 Å². The summed E-state index contributed by atoms with van der Waals surface area (Å²) in [5, 5.41) is 10.2. The van der Waals surface area contributed by atoms with Gasteiger partial charge in [0.2, 0.25) is 0 Å². The predicted molar refractivity (Wildman–Crippen MR) is 38.4 cm³/mol. The predicted octanol–water partition coefficient (Wildman–Crippen LogP) is -0.501. The molecule has 4 N–H and O–H groups in total. The summed E-state index contributed by atoms with van der Waals surface area (Å²) in [5.74, 6) is -0.833. The Bertz CT molecular complexity index is 48.9. The Balaban J connectivity index is -0.0000000273. The van der Waals surface area contributed by atoms with Gasteiger partial charge in [-0.1, -0.05) is 0 Å². The molecule has 0 fully saturated rings. The third-order valence-corrected chi connectivity index (χ3v) is 0. The molecule has 0 aromatic rings. The van der Waals surface area contributed by atoms with Crippen molar-refractivity contribution >= 4 is 5.97 Å². The van der Waals surface area contributed by atoms with E-state index in [2.05, 4.69) is 11.1 Å². The summed E-state index contributed by atoms with van der Waals surface area (Å²) in [5.41, 5.74) is 4.50. The maximum Gasteiger partial charge on any atom is 0.300 e. The van der Waals surface area contributed by atoms with Gasteiger partial charge >= 0.3 is 0 Å². The molecule has 0 aromatic heterocycles. The smallest absolute Gasteiger partial charge is 0.300 e. The normalized spacial score (nSPS) is 4.90. The van der Waals surface area contributed by atoms with Crippen molar-refractivity contribution in [2.75, 3.05) is 21.1 Å². The Morgan fingerprint density at radius 1 is 1.40 bits per heavy atom. The molecule has 0 atom stereocenters. The summed E-state index contributed by atoms with van der Waals surface area (Å²) >= 11 is 0. The van der Waals surface area contributed by atoms with Crippen molar-refractivity contribution in [1.82, 2.24) is 5.32 Å². The van der Waals surface area contributed by atoms with Crippen LogP contribution in [0.1, 0.15) is 6.92 Å². The Kier molecular flexibility index (Phi) is 81.3. The zero-order valence-corrected chi connectivity index (χ0v) is 8.28. The van der Waals surface area contributed by atoms with E-state index in [0.29, 0.717) is 0 Å². The molecule has 63 valence electrons. The fourth-order valence-electron chi connectivity index (χ4n) is 0. The van der Waals surface area contributed by atoms with Gasteiger partial charge in [0.05, 0.1) is 0 Å². The van der Waals surface area contributed by atoms with Gasteiger partial charge in [0.15, 0.2) is 0 Å². The summed E-state index contributed by atoms with van der Waals surface area (Å²) in [6, 6.07) is 0. The van der Waals surface area contributed by atoms with Crippen molar-refractivity contribution in [3.05, 3.63) is 0 Å². The third kappa shape index (κ3) is 593000. The van der Waals surface area contributed by atoms with Crippen molar-refractivity contribution in [1.29, 1.82) is 0 Å².